The van der Waals surface area contributed by atoms with Gasteiger partial charge in [-0.3, -0.25) is 0 Å². The summed E-state index contributed by atoms with van der Waals surface area (Å²) in [7, 11) is 0. The third-order valence-electron chi connectivity index (χ3n) is 1.60. The van der Waals surface area contributed by atoms with Gasteiger partial charge in [0.25, 0.3) is 0 Å². The quantitative estimate of drug-likeness (QED) is 0.693. The average molecular weight is 159 g/mol. The summed E-state index contributed by atoms with van der Waals surface area (Å²) >= 11 is 0. The molecule has 0 bridgehead atoms. The van der Waals surface area contributed by atoms with Crippen molar-refractivity contribution in [1.82, 2.24) is 0 Å². The number of aromatic hydroxyl groups is 1. The van der Waals surface area contributed by atoms with Gasteiger partial charge < -0.3 is 9.52 Å². The molecule has 1 radical (unpaired) electrons. The molecule has 2 nitrogen and oxygen atoms in total. The maximum Gasteiger partial charge on any atom is 0.138 e. The first-order chi connectivity index (χ1) is 5.88. The van der Waals surface area contributed by atoms with E-state index in [1.807, 2.05) is 0 Å². The molecule has 0 aliphatic carbocycles. The fourth-order valence-electron chi connectivity index (χ4n) is 1.05. The fourth-order valence-corrected chi connectivity index (χ4v) is 1.05. The third-order valence-corrected chi connectivity index (χ3v) is 1.60. The second kappa shape index (κ2) is 2.74. The summed E-state index contributed by atoms with van der Waals surface area (Å²) in [5, 5.41) is 9.39. The number of hydrogen-bond acceptors (Lipinski definition) is 2. The molecule has 12 heavy (non-hydrogen) atoms. The van der Waals surface area contributed by atoms with E-state index in [-0.39, 0.29) is 5.75 Å². The summed E-state index contributed by atoms with van der Waals surface area (Å²) in [4.78, 5) is 0. The largest absolute Gasteiger partial charge is 0.507 e. The molecule has 0 unspecified atom stereocenters. The highest BCUT2D eigenvalue weighted by molar-refractivity contribution is 5.64. The van der Waals surface area contributed by atoms with Crippen LogP contribution in [0, 0.1) is 6.07 Å². The van der Waals surface area contributed by atoms with Crippen LogP contribution in [0.5, 0.6) is 5.75 Å². The molecule has 0 spiro atoms. The Morgan fingerprint density at radius 3 is 2.83 bits per heavy atom. The van der Waals surface area contributed by atoms with Crippen LogP contribution < -0.4 is 0 Å². The molecule has 2 rings (SSSR count). The topological polar surface area (TPSA) is 33.4 Å². The fraction of sp³-hybridized carbons (Fsp3) is 0. The van der Waals surface area contributed by atoms with Gasteiger partial charge in [-0.05, 0) is 24.3 Å². The minimum Gasteiger partial charge on any atom is -0.507 e. The Morgan fingerprint density at radius 2 is 2.17 bits per heavy atom. The first-order valence-corrected chi connectivity index (χ1v) is 3.61. The van der Waals surface area contributed by atoms with Gasteiger partial charge in [0.2, 0.25) is 0 Å². The van der Waals surface area contributed by atoms with E-state index < -0.39 is 0 Å². The van der Waals surface area contributed by atoms with Gasteiger partial charge in [0.05, 0.1) is 11.8 Å². The van der Waals surface area contributed by atoms with Crippen LogP contribution in [0.2, 0.25) is 0 Å². The normalized spacial score (nSPS) is 10.0. The SMILES string of the molecule is Oc1ccc[c]c1-c1ccco1. The summed E-state index contributed by atoms with van der Waals surface area (Å²) < 4.78 is 5.11. The first kappa shape index (κ1) is 6.98. The van der Waals surface area contributed by atoms with Gasteiger partial charge in [-0.15, -0.1) is 0 Å². The van der Waals surface area contributed by atoms with Gasteiger partial charge in [-0.25, -0.2) is 0 Å². The molecule has 0 saturated heterocycles. The van der Waals surface area contributed by atoms with Gasteiger partial charge in [-0.2, -0.15) is 0 Å². The molecule has 0 amide bonds. The van der Waals surface area contributed by atoms with Crippen molar-refractivity contribution in [3.05, 3.63) is 42.7 Å². The Hall–Kier alpha value is -1.70. The van der Waals surface area contributed by atoms with Crippen LogP contribution in [0.3, 0.4) is 0 Å². The number of rotatable bonds is 1. The molecule has 0 saturated carbocycles. The molecular weight excluding hydrogens is 152 g/mol. The Morgan fingerprint density at radius 1 is 1.25 bits per heavy atom. The Balaban J connectivity index is 2.55. The average Bonchev–Trinajstić information content (AvgIpc) is 2.57. The van der Waals surface area contributed by atoms with Crippen molar-refractivity contribution in [3.8, 4) is 17.1 Å². The predicted molar refractivity (Wildman–Crippen MR) is 44.6 cm³/mol. The molecule has 0 aliphatic heterocycles. The van der Waals surface area contributed by atoms with Crippen molar-refractivity contribution in [3.63, 3.8) is 0 Å². The molecule has 2 heteroatoms. The zero-order chi connectivity index (χ0) is 8.39. The molecule has 0 atom stereocenters. The first-order valence-electron chi connectivity index (χ1n) is 3.61. The van der Waals surface area contributed by atoms with Crippen LogP contribution in [0.4, 0.5) is 0 Å². The van der Waals surface area contributed by atoms with Crippen LogP contribution in [0.1, 0.15) is 0 Å². The van der Waals surface area contributed by atoms with Crippen molar-refractivity contribution in [2.24, 2.45) is 0 Å². The Labute approximate surface area is 70.1 Å². The van der Waals surface area contributed by atoms with Gasteiger partial charge >= 0.3 is 0 Å². The predicted octanol–water partition coefficient (Wildman–Crippen LogP) is 2.45. The lowest BCUT2D eigenvalue weighted by Gasteiger charge is -1.97. The summed E-state index contributed by atoms with van der Waals surface area (Å²) in [6, 6.07) is 11.5. The second-order valence-electron chi connectivity index (χ2n) is 2.41. The van der Waals surface area contributed by atoms with Crippen molar-refractivity contribution in [2.45, 2.75) is 0 Å². The maximum atomic E-state index is 9.39. The van der Waals surface area contributed by atoms with E-state index in [1.54, 1.807) is 36.6 Å². The molecule has 0 aliphatic rings. The Bertz CT molecular complexity index is 363. The lowest BCUT2D eigenvalue weighted by molar-refractivity contribution is 0.473. The highest BCUT2D eigenvalue weighted by atomic mass is 16.3. The van der Waals surface area contributed by atoms with E-state index in [0.29, 0.717) is 11.3 Å². The van der Waals surface area contributed by atoms with E-state index in [2.05, 4.69) is 6.07 Å². The molecule has 1 aromatic heterocycles. The molecule has 2 aromatic rings. The van der Waals surface area contributed by atoms with Crippen molar-refractivity contribution < 1.29 is 9.52 Å². The number of benzene rings is 1. The summed E-state index contributed by atoms with van der Waals surface area (Å²) in [5.74, 6) is 0.820. The van der Waals surface area contributed by atoms with Crippen molar-refractivity contribution in [2.75, 3.05) is 0 Å². The van der Waals surface area contributed by atoms with Crippen LogP contribution in [-0.4, -0.2) is 5.11 Å². The van der Waals surface area contributed by atoms with Crippen molar-refractivity contribution in [1.29, 1.82) is 0 Å². The van der Waals surface area contributed by atoms with Gasteiger partial charge in [0, 0.05) is 0 Å². The zero-order valence-electron chi connectivity index (χ0n) is 6.32. The standard InChI is InChI=1S/C10H7O2/c11-9-5-2-1-4-8(9)10-6-3-7-12-10/h1-3,5-7,11H. The van der Waals surface area contributed by atoms with Gasteiger partial charge in [0.15, 0.2) is 0 Å². The van der Waals surface area contributed by atoms with E-state index in [1.165, 1.54) is 0 Å². The molecule has 1 aromatic carbocycles. The van der Waals surface area contributed by atoms with Gasteiger partial charge in [0.1, 0.15) is 11.5 Å². The van der Waals surface area contributed by atoms with Crippen LogP contribution in [0.25, 0.3) is 11.3 Å². The maximum absolute atomic E-state index is 9.39. The lowest BCUT2D eigenvalue weighted by atomic mass is 10.1. The van der Waals surface area contributed by atoms with E-state index in [4.69, 9.17) is 4.42 Å². The molecule has 0 fully saturated rings. The monoisotopic (exact) mass is 159 g/mol. The third kappa shape index (κ3) is 1.07. The Kier molecular flexibility index (Phi) is 1.59. The number of hydrogen-bond donors (Lipinski definition) is 1. The van der Waals surface area contributed by atoms with E-state index in [9.17, 15) is 5.11 Å². The van der Waals surface area contributed by atoms with Crippen molar-refractivity contribution >= 4 is 0 Å². The molecule has 1 N–H and O–H groups in total. The number of phenolic OH excluding ortho intramolecular Hbond substituents is 1. The summed E-state index contributed by atoms with van der Waals surface area (Å²) in [6.07, 6.45) is 1.57. The molecule has 1 heterocycles. The second-order valence-corrected chi connectivity index (χ2v) is 2.41. The van der Waals surface area contributed by atoms with Crippen LogP contribution >= 0.6 is 0 Å². The van der Waals surface area contributed by atoms with Gasteiger partial charge in [-0.1, -0.05) is 12.1 Å². The summed E-state index contributed by atoms with van der Waals surface area (Å²) in [6.45, 7) is 0. The molecular formula is C10H7O2. The van der Waals surface area contributed by atoms with Crippen LogP contribution in [0.15, 0.2) is 41.0 Å². The van der Waals surface area contributed by atoms with Crippen LogP contribution in [-0.2, 0) is 0 Å². The molecule has 59 valence electrons. The number of furan rings is 1. The number of phenols is 1. The van der Waals surface area contributed by atoms with E-state index in [0.717, 1.165) is 0 Å². The minimum atomic E-state index is 0.187. The van der Waals surface area contributed by atoms with E-state index >= 15 is 0 Å². The lowest BCUT2D eigenvalue weighted by Crippen LogP contribution is -1.74. The minimum absolute atomic E-state index is 0.187. The smallest absolute Gasteiger partial charge is 0.138 e. The zero-order valence-corrected chi connectivity index (χ0v) is 6.32. The summed E-state index contributed by atoms with van der Waals surface area (Å²) in [5.41, 5.74) is 0.600. The highest BCUT2D eigenvalue weighted by Crippen LogP contribution is 2.27. The highest BCUT2D eigenvalue weighted by Gasteiger charge is 2.04.